The van der Waals surface area contributed by atoms with Crippen molar-refractivity contribution in [1.82, 2.24) is 15.2 Å². The van der Waals surface area contributed by atoms with Crippen LogP contribution in [0.1, 0.15) is 25.9 Å². The highest BCUT2D eigenvalue weighted by atomic mass is 32.1. The van der Waals surface area contributed by atoms with Gasteiger partial charge in [0.25, 0.3) is 5.91 Å². The smallest absolute Gasteiger partial charge is 0.348 e. The molecule has 0 saturated heterocycles. The van der Waals surface area contributed by atoms with Gasteiger partial charge in [0.1, 0.15) is 11.2 Å². The third kappa shape index (κ3) is 2.16. The van der Waals surface area contributed by atoms with Gasteiger partial charge in [-0.25, -0.2) is 9.78 Å². The van der Waals surface area contributed by atoms with E-state index in [-0.39, 0.29) is 10.7 Å². The summed E-state index contributed by atoms with van der Waals surface area (Å²) in [6, 6.07) is 0. The standard InChI is InChI=1S/C9H8N4O3S/c1-4-2-17-6(9(15)16)5(4)12-8(14)7-10-3-11-13-7/h2-3H,1H3,(H,12,14)(H,15,16)(H,10,11,13). The number of aryl methyl sites for hydroxylation is 1. The molecule has 7 nitrogen and oxygen atoms in total. The van der Waals surface area contributed by atoms with E-state index in [1.165, 1.54) is 6.33 Å². The van der Waals surface area contributed by atoms with Crippen molar-refractivity contribution in [3.05, 3.63) is 28.0 Å². The number of nitrogens with one attached hydrogen (secondary N) is 2. The quantitative estimate of drug-likeness (QED) is 0.758. The zero-order chi connectivity index (χ0) is 12.4. The van der Waals surface area contributed by atoms with Crippen LogP contribution in [-0.4, -0.2) is 32.2 Å². The summed E-state index contributed by atoms with van der Waals surface area (Å²) in [6.07, 6.45) is 1.20. The van der Waals surface area contributed by atoms with Gasteiger partial charge in [0.05, 0.1) is 5.69 Å². The van der Waals surface area contributed by atoms with Crippen molar-refractivity contribution >= 4 is 28.9 Å². The fourth-order valence-electron chi connectivity index (χ4n) is 1.24. The van der Waals surface area contributed by atoms with E-state index in [0.29, 0.717) is 11.3 Å². The van der Waals surface area contributed by atoms with E-state index in [2.05, 4.69) is 20.5 Å². The number of amides is 1. The van der Waals surface area contributed by atoms with Crippen LogP contribution in [0.2, 0.25) is 0 Å². The van der Waals surface area contributed by atoms with E-state index < -0.39 is 11.9 Å². The fraction of sp³-hybridized carbons (Fsp3) is 0.111. The van der Waals surface area contributed by atoms with Gasteiger partial charge in [0, 0.05) is 0 Å². The molecule has 1 amide bonds. The lowest BCUT2D eigenvalue weighted by molar-refractivity contribution is 0.0703. The number of carbonyl (C=O) groups is 2. The van der Waals surface area contributed by atoms with E-state index in [1.54, 1.807) is 12.3 Å². The van der Waals surface area contributed by atoms with Gasteiger partial charge in [-0.05, 0) is 17.9 Å². The first kappa shape index (κ1) is 11.3. The number of H-pyrrole nitrogens is 1. The minimum Gasteiger partial charge on any atom is -0.477 e. The van der Waals surface area contributed by atoms with Crippen LogP contribution in [-0.2, 0) is 0 Å². The van der Waals surface area contributed by atoms with E-state index >= 15 is 0 Å². The Balaban J connectivity index is 2.27. The number of aromatic carboxylic acids is 1. The molecule has 0 unspecified atom stereocenters. The Kier molecular flexibility index (Phi) is 2.88. The van der Waals surface area contributed by atoms with Crippen LogP contribution in [0.15, 0.2) is 11.7 Å². The summed E-state index contributed by atoms with van der Waals surface area (Å²) in [6.45, 7) is 1.72. The third-order valence-electron chi connectivity index (χ3n) is 2.04. The Morgan fingerprint density at radius 3 is 2.88 bits per heavy atom. The Hall–Kier alpha value is -2.22. The largest absolute Gasteiger partial charge is 0.477 e. The van der Waals surface area contributed by atoms with Crippen molar-refractivity contribution in [3.8, 4) is 0 Å². The number of thiophene rings is 1. The number of anilines is 1. The van der Waals surface area contributed by atoms with Gasteiger partial charge < -0.3 is 10.4 Å². The van der Waals surface area contributed by atoms with Crippen molar-refractivity contribution in [1.29, 1.82) is 0 Å². The predicted molar refractivity (Wildman–Crippen MR) is 60.4 cm³/mol. The molecule has 0 bridgehead atoms. The minimum absolute atomic E-state index is 0.0342. The van der Waals surface area contributed by atoms with Gasteiger partial charge >= 0.3 is 5.97 Å². The van der Waals surface area contributed by atoms with Crippen molar-refractivity contribution in [3.63, 3.8) is 0 Å². The number of hydrogen-bond acceptors (Lipinski definition) is 5. The normalized spacial score (nSPS) is 10.2. The summed E-state index contributed by atoms with van der Waals surface area (Å²) in [5.41, 5.74) is 0.990. The summed E-state index contributed by atoms with van der Waals surface area (Å²) in [7, 11) is 0. The van der Waals surface area contributed by atoms with Crippen LogP contribution in [0.25, 0.3) is 0 Å². The molecular weight excluding hydrogens is 244 g/mol. The third-order valence-corrected chi connectivity index (χ3v) is 3.12. The number of carboxylic acids is 1. The summed E-state index contributed by atoms with van der Waals surface area (Å²) < 4.78 is 0. The second-order valence-corrected chi connectivity index (χ2v) is 4.10. The zero-order valence-corrected chi connectivity index (χ0v) is 9.54. The van der Waals surface area contributed by atoms with Crippen LogP contribution in [0.3, 0.4) is 0 Å². The van der Waals surface area contributed by atoms with Crippen molar-refractivity contribution < 1.29 is 14.7 Å². The second kappa shape index (κ2) is 4.34. The lowest BCUT2D eigenvalue weighted by Gasteiger charge is -2.03. The molecule has 0 aliphatic rings. The van der Waals surface area contributed by atoms with E-state index in [4.69, 9.17) is 5.11 Å². The summed E-state index contributed by atoms with van der Waals surface area (Å²) in [5.74, 6) is -1.56. The Morgan fingerprint density at radius 2 is 2.29 bits per heavy atom. The highest BCUT2D eigenvalue weighted by molar-refractivity contribution is 7.12. The van der Waals surface area contributed by atoms with Gasteiger partial charge in [0.15, 0.2) is 0 Å². The van der Waals surface area contributed by atoms with Crippen LogP contribution >= 0.6 is 11.3 Å². The van der Waals surface area contributed by atoms with Gasteiger partial charge in [-0.1, -0.05) is 0 Å². The molecule has 0 radical (unpaired) electrons. The van der Waals surface area contributed by atoms with Crippen LogP contribution in [0.5, 0.6) is 0 Å². The van der Waals surface area contributed by atoms with Crippen molar-refractivity contribution in [2.75, 3.05) is 5.32 Å². The van der Waals surface area contributed by atoms with Gasteiger partial charge in [-0.2, -0.15) is 5.10 Å². The molecule has 2 heterocycles. The average molecular weight is 252 g/mol. The van der Waals surface area contributed by atoms with E-state index in [1.807, 2.05) is 0 Å². The highest BCUT2D eigenvalue weighted by Crippen LogP contribution is 2.27. The number of aromatic nitrogens is 3. The van der Waals surface area contributed by atoms with Crippen LogP contribution < -0.4 is 5.32 Å². The summed E-state index contributed by atoms with van der Waals surface area (Å²) in [4.78, 5) is 26.4. The molecule has 0 atom stereocenters. The monoisotopic (exact) mass is 252 g/mol. The summed E-state index contributed by atoms with van der Waals surface area (Å²) >= 11 is 1.06. The Bertz CT molecular complexity index is 561. The van der Waals surface area contributed by atoms with E-state index in [9.17, 15) is 9.59 Å². The molecule has 88 valence electrons. The lowest BCUT2D eigenvalue weighted by atomic mass is 10.2. The molecule has 0 aliphatic heterocycles. The molecule has 2 aromatic heterocycles. The first-order valence-electron chi connectivity index (χ1n) is 4.57. The topological polar surface area (TPSA) is 108 Å². The molecule has 0 aromatic carbocycles. The second-order valence-electron chi connectivity index (χ2n) is 3.22. The number of hydrogen-bond donors (Lipinski definition) is 3. The maximum absolute atomic E-state index is 11.7. The highest BCUT2D eigenvalue weighted by Gasteiger charge is 2.18. The Morgan fingerprint density at radius 1 is 1.53 bits per heavy atom. The zero-order valence-electron chi connectivity index (χ0n) is 8.72. The predicted octanol–water partition coefficient (Wildman–Crippen LogP) is 1.13. The Labute approximate surface area is 99.5 Å². The molecule has 2 rings (SSSR count). The molecule has 17 heavy (non-hydrogen) atoms. The molecular formula is C9H8N4O3S. The SMILES string of the molecule is Cc1csc(C(=O)O)c1NC(=O)c1ncn[nH]1. The number of carboxylic acid groups (broad SMARTS) is 1. The van der Waals surface area contributed by atoms with Gasteiger partial charge in [-0.15, -0.1) is 11.3 Å². The number of nitrogens with zero attached hydrogens (tertiary/aromatic N) is 2. The molecule has 2 aromatic rings. The van der Waals surface area contributed by atoms with Gasteiger partial charge in [-0.3, -0.25) is 9.89 Å². The van der Waals surface area contributed by atoms with Crippen LogP contribution in [0.4, 0.5) is 5.69 Å². The molecule has 0 spiro atoms. The average Bonchev–Trinajstić information content (AvgIpc) is 2.89. The molecule has 0 aliphatic carbocycles. The molecule has 0 fully saturated rings. The van der Waals surface area contributed by atoms with Crippen molar-refractivity contribution in [2.45, 2.75) is 6.92 Å². The summed E-state index contributed by atoms with van der Waals surface area (Å²) in [5, 5.41) is 19.1. The van der Waals surface area contributed by atoms with Crippen LogP contribution in [0, 0.1) is 6.92 Å². The molecule has 3 N–H and O–H groups in total. The first-order chi connectivity index (χ1) is 8.09. The maximum atomic E-state index is 11.7. The first-order valence-corrected chi connectivity index (χ1v) is 5.45. The molecule has 8 heteroatoms. The van der Waals surface area contributed by atoms with Crippen molar-refractivity contribution in [2.24, 2.45) is 0 Å². The van der Waals surface area contributed by atoms with Gasteiger partial charge in [0.2, 0.25) is 5.82 Å². The maximum Gasteiger partial charge on any atom is 0.348 e. The minimum atomic E-state index is -1.07. The number of carbonyl (C=O) groups excluding carboxylic acids is 1. The molecule has 0 saturated carbocycles. The fourth-order valence-corrected chi connectivity index (χ4v) is 2.09. The number of aromatic amines is 1. The van der Waals surface area contributed by atoms with E-state index in [0.717, 1.165) is 11.3 Å². The lowest BCUT2D eigenvalue weighted by Crippen LogP contribution is -2.15. The number of rotatable bonds is 3.